The molecule has 128 valence electrons. The predicted octanol–water partition coefficient (Wildman–Crippen LogP) is 2.89. The van der Waals surface area contributed by atoms with Gasteiger partial charge >= 0.3 is 0 Å². The van der Waals surface area contributed by atoms with Crippen LogP contribution in [0.25, 0.3) is 0 Å². The molecule has 3 N–H and O–H groups in total. The van der Waals surface area contributed by atoms with E-state index in [0.717, 1.165) is 23.5 Å². The number of aryl methyl sites for hydroxylation is 1. The van der Waals surface area contributed by atoms with Crippen LogP contribution >= 0.6 is 11.3 Å². The highest BCUT2D eigenvalue weighted by molar-refractivity contribution is 7.09. The number of ether oxygens (including phenoxy) is 1. The Labute approximate surface area is 146 Å². The average Bonchev–Trinajstić information content (AvgIpc) is 3.36. The molecule has 1 saturated carbocycles. The maximum atomic E-state index is 12.5. The third-order valence-electron chi connectivity index (χ3n) is 4.45. The van der Waals surface area contributed by atoms with E-state index in [4.69, 9.17) is 10.5 Å². The summed E-state index contributed by atoms with van der Waals surface area (Å²) >= 11 is 1.60. The fourth-order valence-corrected chi connectivity index (χ4v) is 3.33. The van der Waals surface area contributed by atoms with E-state index in [1.807, 2.05) is 31.4 Å². The molecule has 1 aromatic heterocycles. The Bertz CT molecular complexity index is 727. The molecule has 1 heterocycles. The summed E-state index contributed by atoms with van der Waals surface area (Å²) in [5.41, 5.74) is 7.03. The summed E-state index contributed by atoms with van der Waals surface area (Å²) in [6.45, 7) is 4.84. The first-order valence-corrected chi connectivity index (χ1v) is 9.04. The second-order valence-electron chi connectivity index (χ2n) is 6.52. The molecule has 1 aliphatic rings. The highest BCUT2D eigenvalue weighted by atomic mass is 32.1. The van der Waals surface area contributed by atoms with Gasteiger partial charge in [0.25, 0.3) is 5.91 Å². The molecule has 1 unspecified atom stereocenters. The van der Waals surface area contributed by atoms with Crippen LogP contribution in [0.3, 0.4) is 0 Å². The number of carbonyl (C=O) groups excluding carboxylic acids is 1. The van der Waals surface area contributed by atoms with E-state index in [1.165, 1.54) is 0 Å². The van der Waals surface area contributed by atoms with Crippen LogP contribution in [0.2, 0.25) is 0 Å². The highest BCUT2D eigenvalue weighted by Crippen LogP contribution is 2.39. The van der Waals surface area contributed by atoms with Gasteiger partial charge in [0.2, 0.25) is 0 Å². The molecule has 1 fully saturated rings. The van der Waals surface area contributed by atoms with E-state index in [9.17, 15) is 4.79 Å². The summed E-state index contributed by atoms with van der Waals surface area (Å²) in [6, 6.07) is 7.23. The van der Waals surface area contributed by atoms with Gasteiger partial charge in [0, 0.05) is 17.5 Å². The number of amides is 1. The van der Waals surface area contributed by atoms with Crippen LogP contribution in [0.15, 0.2) is 29.6 Å². The van der Waals surface area contributed by atoms with Crippen LogP contribution in [-0.4, -0.2) is 23.0 Å². The van der Waals surface area contributed by atoms with Gasteiger partial charge in [-0.05, 0) is 50.8 Å². The molecule has 0 aliphatic heterocycles. The minimum atomic E-state index is -0.327. The predicted molar refractivity (Wildman–Crippen MR) is 95.3 cm³/mol. The van der Waals surface area contributed by atoms with Gasteiger partial charge in [0.05, 0.1) is 16.2 Å². The number of hydrogen-bond donors (Lipinski definition) is 2. The van der Waals surface area contributed by atoms with Crippen molar-refractivity contribution in [3.63, 3.8) is 0 Å². The van der Waals surface area contributed by atoms with Gasteiger partial charge in [-0.25, -0.2) is 4.98 Å². The molecule has 1 aromatic carbocycles. The summed E-state index contributed by atoms with van der Waals surface area (Å²) in [7, 11) is 0. The number of thiazole rings is 1. The van der Waals surface area contributed by atoms with E-state index in [0.29, 0.717) is 30.4 Å². The van der Waals surface area contributed by atoms with Gasteiger partial charge in [-0.3, -0.25) is 4.79 Å². The molecule has 0 bridgehead atoms. The summed E-state index contributed by atoms with van der Waals surface area (Å²) < 4.78 is 5.75. The Morgan fingerprint density at radius 2 is 2.29 bits per heavy atom. The van der Waals surface area contributed by atoms with Crippen molar-refractivity contribution in [3.05, 3.63) is 45.9 Å². The van der Waals surface area contributed by atoms with Gasteiger partial charge in [-0.15, -0.1) is 11.3 Å². The van der Waals surface area contributed by atoms with Crippen molar-refractivity contribution < 1.29 is 9.53 Å². The number of hydrogen-bond acceptors (Lipinski definition) is 5. The second-order valence-corrected chi connectivity index (χ2v) is 7.59. The first kappa shape index (κ1) is 16.9. The van der Waals surface area contributed by atoms with Crippen LogP contribution in [0, 0.1) is 12.8 Å². The Kier molecular flexibility index (Phi) is 4.87. The zero-order valence-corrected chi connectivity index (χ0v) is 14.9. The second kappa shape index (κ2) is 6.91. The van der Waals surface area contributed by atoms with E-state index >= 15 is 0 Å². The molecule has 5 nitrogen and oxygen atoms in total. The first-order valence-electron chi connectivity index (χ1n) is 8.16. The number of aromatic nitrogens is 1. The summed E-state index contributed by atoms with van der Waals surface area (Å²) in [5.74, 6) is 1.04. The van der Waals surface area contributed by atoms with Crippen molar-refractivity contribution in [3.8, 4) is 5.75 Å². The number of nitrogens with one attached hydrogen (secondary N) is 1. The van der Waals surface area contributed by atoms with Gasteiger partial charge in [0.1, 0.15) is 12.4 Å². The van der Waals surface area contributed by atoms with E-state index in [-0.39, 0.29) is 11.4 Å². The Balaban J connectivity index is 1.64. The minimum absolute atomic E-state index is 0.107. The molecule has 1 aliphatic carbocycles. The Morgan fingerprint density at radius 3 is 2.92 bits per heavy atom. The molecular formula is C18H23N3O2S. The largest absolute Gasteiger partial charge is 0.487 e. The molecule has 2 aromatic rings. The van der Waals surface area contributed by atoms with E-state index < -0.39 is 0 Å². The number of benzene rings is 1. The van der Waals surface area contributed by atoms with Crippen molar-refractivity contribution in [2.45, 2.75) is 38.8 Å². The summed E-state index contributed by atoms with van der Waals surface area (Å²) in [6.07, 6.45) is 2.26. The van der Waals surface area contributed by atoms with Crippen LogP contribution in [0.4, 0.5) is 0 Å². The Hall–Kier alpha value is -1.92. The maximum absolute atomic E-state index is 12.5. The minimum Gasteiger partial charge on any atom is -0.487 e. The van der Waals surface area contributed by atoms with E-state index in [2.05, 4.69) is 10.3 Å². The first-order chi connectivity index (χ1) is 11.5. The zero-order valence-electron chi connectivity index (χ0n) is 14.0. The van der Waals surface area contributed by atoms with E-state index in [1.54, 1.807) is 23.5 Å². The lowest BCUT2D eigenvalue weighted by atomic mass is 9.95. The fourth-order valence-electron chi connectivity index (χ4n) is 2.73. The molecule has 0 spiro atoms. The zero-order chi connectivity index (χ0) is 17.2. The van der Waals surface area contributed by atoms with Gasteiger partial charge in [-0.2, -0.15) is 0 Å². The number of nitrogens with zero attached hydrogens (tertiary/aromatic N) is 1. The van der Waals surface area contributed by atoms with Crippen LogP contribution in [0.1, 0.15) is 40.8 Å². The standard InChI is InChI=1S/C18H23N3O2S/c1-12-20-15(10-24-12)9-23-16-5-3-4-13(8-16)17(22)21-18(2,11-19)14-6-7-14/h3-5,8,10,14H,6-7,9,11,19H2,1-2H3,(H,21,22). The van der Waals surface area contributed by atoms with Gasteiger partial charge in [-0.1, -0.05) is 6.07 Å². The van der Waals surface area contributed by atoms with Crippen molar-refractivity contribution in [2.24, 2.45) is 11.7 Å². The molecule has 24 heavy (non-hydrogen) atoms. The molecule has 6 heteroatoms. The molecule has 0 saturated heterocycles. The monoisotopic (exact) mass is 345 g/mol. The summed E-state index contributed by atoms with van der Waals surface area (Å²) in [5, 5.41) is 6.09. The lowest BCUT2D eigenvalue weighted by Gasteiger charge is -2.29. The smallest absolute Gasteiger partial charge is 0.251 e. The number of carbonyl (C=O) groups is 1. The molecule has 1 atom stereocenters. The number of nitrogens with two attached hydrogens (primary N) is 1. The third kappa shape index (κ3) is 3.94. The van der Waals surface area contributed by atoms with Crippen molar-refractivity contribution >= 4 is 17.2 Å². The van der Waals surface area contributed by atoms with Crippen molar-refractivity contribution in [1.82, 2.24) is 10.3 Å². The van der Waals surface area contributed by atoms with Gasteiger partial charge < -0.3 is 15.8 Å². The van der Waals surface area contributed by atoms with Gasteiger partial charge in [0.15, 0.2) is 0 Å². The van der Waals surface area contributed by atoms with Crippen molar-refractivity contribution in [1.29, 1.82) is 0 Å². The molecule has 1 amide bonds. The molecular weight excluding hydrogens is 322 g/mol. The lowest BCUT2D eigenvalue weighted by Crippen LogP contribution is -2.53. The normalized spacial score (nSPS) is 16.5. The lowest BCUT2D eigenvalue weighted by molar-refractivity contribution is 0.0897. The highest BCUT2D eigenvalue weighted by Gasteiger charge is 2.41. The maximum Gasteiger partial charge on any atom is 0.251 e. The average molecular weight is 345 g/mol. The van der Waals surface area contributed by atoms with Crippen LogP contribution in [0.5, 0.6) is 5.75 Å². The molecule has 3 rings (SSSR count). The quantitative estimate of drug-likeness (QED) is 0.809. The fraction of sp³-hybridized carbons (Fsp3) is 0.444. The van der Waals surface area contributed by atoms with Crippen LogP contribution in [-0.2, 0) is 6.61 Å². The Morgan fingerprint density at radius 1 is 1.50 bits per heavy atom. The topological polar surface area (TPSA) is 77.2 Å². The summed E-state index contributed by atoms with van der Waals surface area (Å²) in [4.78, 5) is 16.9. The number of rotatable bonds is 7. The SMILES string of the molecule is Cc1nc(COc2cccc(C(=O)NC(C)(CN)C3CC3)c2)cs1. The molecule has 0 radical (unpaired) electrons. The van der Waals surface area contributed by atoms with Crippen molar-refractivity contribution in [2.75, 3.05) is 6.54 Å². The van der Waals surface area contributed by atoms with Crippen LogP contribution < -0.4 is 15.8 Å². The third-order valence-corrected chi connectivity index (χ3v) is 5.27.